The van der Waals surface area contributed by atoms with Crippen molar-refractivity contribution in [1.29, 1.82) is 0 Å². The first kappa shape index (κ1) is 18.9. The second-order valence-electron chi connectivity index (χ2n) is 6.49. The number of hydrogen-bond donors (Lipinski definition) is 0. The van der Waals surface area contributed by atoms with E-state index < -0.39 is 0 Å². The zero-order valence-electron chi connectivity index (χ0n) is 16.0. The van der Waals surface area contributed by atoms with Crippen molar-refractivity contribution in [3.8, 4) is 22.5 Å². The smallest absolute Gasteiger partial charge is 0.329 e. The molecule has 1 atom stereocenters. The summed E-state index contributed by atoms with van der Waals surface area (Å²) < 4.78 is 7.37. The fraction of sp³-hybridized carbons (Fsp3) is 0.304. The summed E-state index contributed by atoms with van der Waals surface area (Å²) in [7, 11) is 0. The van der Waals surface area contributed by atoms with Crippen molar-refractivity contribution < 1.29 is 9.53 Å². The van der Waals surface area contributed by atoms with E-state index in [0.29, 0.717) is 6.61 Å². The van der Waals surface area contributed by atoms with Crippen LogP contribution in [0.4, 0.5) is 0 Å². The molecule has 140 valence electrons. The maximum absolute atomic E-state index is 12.7. The lowest BCUT2D eigenvalue weighted by atomic mass is 10.0. The number of esters is 1. The van der Waals surface area contributed by atoms with E-state index in [0.717, 1.165) is 41.8 Å². The molecule has 1 aromatic heterocycles. The van der Waals surface area contributed by atoms with Gasteiger partial charge >= 0.3 is 5.97 Å². The second kappa shape index (κ2) is 9.17. The van der Waals surface area contributed by atoms with Gasteiger partial charge in [0.2, 0.25) is 0 Å². The molecule has 4 heteroatoms. The summed E-state index contributed by atoms with van der Waals surface area (Å²) in [6.45, 7) is 4.35. The predicted octanol–water partition coefficient (Wildman–Crippen LogP) is 5.51. The minimum Gasteiger partial charge on any atom is -0.464 e. The normalized spacial score (nSPS) is 11.9. The van der Waals surface area contributed by atoms with Crippen molar-refractivity contribution in [3.05, 3.63) is 67.0 Å². The topological polar surface area (TPSA) is 44.1 Å². The van der Waals surface area contributed by atoms with Gasteiger partial charge in [-0.1, -0.05) is 80.4 Å². The number of aromatic nitrogens is 2. The van der Waals surface area contributed by atoms with Gasteiger partial charge in [0.05, 0.1) is 24.3 Å². The van der Waals surface area contributed by atoms with Crippen molar-refractivity contribution in [3.63, 3.8) is 0 Å². The maximum Gasteiger partial charge on any atom is 0.329 e. The average molecular weight is 362 g/mol. The quantitative estimate of drug-likeness (QED) is 0.496. The summed E-state index contributed by atoms with van der Waals surface area (Å²) in [5.74, 6) is -0.194. The van der Waals surface area contributed by atoms with Crippen molar-refractivity contribution in [2.45, 2.75) is 39.2 Å². The lowest BCUT2D eigenvalue weighted by molar-refractivity contribution is -0.147. The highest BCUT2D eigenvalue weighted by molar-refractivity contribution is 5.81. The molecule has 3 aromatic rings. The molecule has 2 aromatic carbocycles. The molecule has 1 unspecified atom stereocenters. The lowest BCUT2D eigenvalue weighted by Crippen LogP contribution is -2.22. The Morgan fingerprint density at radius 3 is 2.22 bits per heavy atom. The molecular weight excluding hydrogens is 336 g/mol. The zero-order valence-corrected chi connectivity index (χ0v) is 16.0. The average Bonchev–Trinajstić information content (AvgIpc) is 3.15. The zero-order chi connectivity index (χ0) is 19.1. The van der Waals surface area contributed by atoms with Gasteiger partial charge in [0, 0.05) is 11.1 Å². The van der Waals surface area contributed by atoms with Crippen LogP contribution in [-0.2, 0) is 9.53 Å². The maximum atomic E-state index is 12.7. The highest BCUT2D eigenvalue weighted by atomic mass is 16.5. The number of nitrogens with zero attached hydrogens (tertiary/aromatic N) is 2. The molecule has 0 bridgehead atoms. The molecular formula is C23H26N2O2. The van der Waals surface area contributed by atoms with Crippen LogP contribution in [-0.4, -0.2) is 22.1 Å². The molecule has 0 radical (unpaired) electrons. The van der Waals surface area contributed by atoms with Gasteiger partial charge in [-0.3, -0.25) is 0 Å². The molecule has 3 rings (SSSR count). The number of unbranched alkanes of at least 4 members (excludes halogenated alkanes) is 1. The molecule has 27 heavy (non-hydrogen) atoms. The van der Waals surface area contributed by atoms with Crippen LogP contribution in [0.25, 0.3) is 22.5 Å². The van der Waals surface area contributed by atoms with E-state index in [1.165, 1.54) is 0 Å². The third-order valence-corrected chi connectivity index (χ3v) is 4.61. The number of carbonyl (C=O) groups excluding carboxylic acids is 1. The van der Waals surface area contributed by atoms with Gasteiger partial charge in [-0.05, 0) is 13.3 Å². The van der Waals surface area contributed by atoms with Crippen LogP contribution in [0, 0.1) is 0 Å². The van der Waals surface area contributed by atoms with Crippen LogP contribution < -0.4 is 0 Å². The van der Waals surface area contributed by atoms with Crippen molar-refractivity contribution in [2.24, 2.45) is 0 Å². The fourth-order valence-corrected chi connectivity index (χ4v) is 3.29. The Hall–Kier alpha value is -2.88. The number of ether oxygens (including phenoxy) is 1. The predicted molar refractivity (Wildman–Crippen MR) is 108 cm³/mol. The second-order valence-corrected chi connectivity index (χ2v) is 6.49. The van der Waals surface area contributed by atoms with Gasteiger partial charge in [0.25, 0.3) is 0 Å². The lowest BCUT2D eigenvalue weighted by Gasteiger charge is -2.20. The van der Waals surface area contributed by atoms with Crippen LogP contribution in [0.2, 0.25) is 0 Å². The summed E-state index contributed by atoms with van der Waals surface area (Å²) in [5.41, 5.74) is 3.91. The van der Waals surface area contributed by atoms with E-state index in [1.54, 1.807) is 6.33 Å². The molecule has 0 aliphatic heterocycles. The van der Waals surface area contributed by atoms with Crippen LogP contribution in [0.15, 0.2) is 67.0 Å². The Balaban J connectivity index is 2.14. The van der Waals surface area contributed by atoms with E-state index in [9.17, 15) is 4.79 Å². The van der Waals surface area contributed by atoms with Crippen molar-refractivity contribution >= 4 is 5.97 Å². The summed E-state index contributed by atoms with van der Waals surface area (Å²) in [6, 6.07) is 19.8. The molecule has 0 fully saturated rings. The minimum atomic E-state index is -0.370. The summed E-state index contributed by atoms with van der Waals surface area (Å²) >= 11 is 0. The molecule has 0 amide bonds. The van der Waals surface area contributed by atoms with Gasteiger partial charge in [0.1, 0.15) is 6.04 Å². The van der Waals surface area contributed by atoms with Gasteiger partial charge < -0.3 is 9.30 Å². The van der Waals surface area contributed by atoms with Crippen LogP contribution in [0.1, 0.15) is 39.2 Å². The number of carbonyl (C=O) groups is 1. The fourth-order valence-electron chi connectivity index (χ4n) is 3.29. The largest absolute Gasteiger partial charge is 0.464 e. The van der Waals surface area contributed by atoms with Gasteiger partial charge in [-0.25, -0.2) is 9.78 Å². The van der Waals surface area contributed by atoms with Gasteiger partial charge in [-0.15, -0.1) is 0 Å². The molecule has 0 aliphatic carbocycles. The Kier molecular flexibility index (Phi) is 6.42. The summed E-state index contributed by atoms with van der Waals surface area (Å²) in [4.78, 5) is 17.4. The first-order chi connectivity index (χ1) is 13.3. The van der Waals surface area contributed by atoms with Crippen LogP contribution in [0.3, 0.4) is 0 Å². The van der Waals surface area contributed by atoms with Crippen molar-refractivity contribution in [1.82, 2.24) is 9.55 Å². The molecule has 1 heterocycles. The van der Waals surface area contributed by atoms with E-state index in [4.69, 9.17) is 4.74 Å². The monoisotopic (exact) mass is 362 g/mol. The molecule has 0 saturated heterocycles. The third kappa shape index (κ3) is 4.27. The third-order valence-electron chi connectivity index (χ3n) is 4.61. The first-order valence-corrected chi connectivity index (χ1v) is 9.60. The van der Waals surface area contributed by atoms with Gasteiger partial charge in [0.15, 0.2) is 0 Å². The Morgan fingerprint density at radius 1 is 1.00 bits per heavy atom. The highest BCUT2D eigenvalue weighted by Crippen LogP contribution is 2.34. The summed E-state index contributed by atoms with van der Waals surface area (Å²) in [5, 5.41) is 0. The number of benzene rings is 2. The Morgan fingerprint density at radius 2 is 1.63 bits per heavy atom. The minimum absolute atomic E-state index is 0.194. The van der Waals surface area contributed by atoms with Crippen LogP contribution >= 0.6 is 0 Å². The van der Waals surface area contributed by atoms with Crippen LogP contribution in [0.5, 0.6) is 0 Å². The van der Waals surface area contributed by atoms with Crippen molar-refractivity contribution in [2.75, 3.05) is 6.61 Å². The Bertz CT molecular complexity index is 857. The number of rotatable bonds is 8. The number of imidazole rings is 1. The molecule has 4 nitrogen and oxygen atoms in total. The molecule has 0 N–H and O–H groups in total. The molecule has 0 saturated carbocycles. The SMILES string of the molecule is CCCCC(C(=O)OCC)n1cnc(-c2ccccc2)c1-c1ccccc1. The first-order valence-electron chi connectivity index (χ1n) is 9.60. The van der Waals surface area contributed by atoms with Gasteiger partial charge in [-0.2, -0.15) is 0 Å². The number of hydrogen-bond acceptors (Lipinski definition) is 3. The highest BCUT2D eigenvalue weighted by Gasteiger charge is 2.26. The van der Waals surface area contributed by atoms with E-state index in [2.05, 4.69) is 24.0 Å². The standard InChI is InChI=1S/C23H26N2O2/c1-3-5-16-20(23(26)27-4-2)25-17-24-21(18-12-8-6-9-13-18)22(25)19-14-10-7-11-15-19/h6-15,17,20H,3-5,16H2,1-2H3. The van der Waals surface area contributed by atoms with E-state index in [-0.39, 0.29) is 12.0 Å². The summed E-state index contributed by atoms with van der Waals surface area (Å²) in [6.07, 6.45) is 4.50. The molecule has 0 aliphatic rings. The van der Waals surface area contributed by atoms with E-state index in [1.807, 2.05) is 60.0 Å². The Labute approximate surface area is 160 Å². The molecule has 0 spiro atoms. The van der Waals surface area contributed by atoms with E-state index >= 15 is 0 Å².